The highest BCUT2D eigenvalue weighted by Crippen LogP contribution is 2.69. The molecule has 1 saturated heterocycles. The number of allylic oxidation sites excluding steroid dienone is 4. The Labute approximate surface area is 189 Å². The second-order valence-electron chi connectivity index (χ2n) is 10.4. The number of ketones is 2. The first kappa shape index (κ1) is 17.2. The van der Waals surface area contributed by atoms with Crippen molar-refractivity contribution in [2.24, 2.45) is 28.6 Å². The SMILES string of the molecule is [2H]C1=C2CC[C@@H]3[C@H]([C@@H](O)C[C@@]4(C)[C@H]3C[C@H]3OC([2H])(CCC)O[C@]34C(=O)C([2H])([2H])O)[C@@]2(C)C=CC1=O. The lowest BCUT2D eigenvalue weighted by molar-refractivity contribution is -0.200. The summed E-state index contributed by atoms with van der Waals surface area (Å²) in [5, 5.41) is 21.8. The summed E-state index contributed by atoms with van der Waals surface area (Å²) in [7, 11) is 0. The number of aliphatic hydroxyl groups excluding tert-OH is 1. The minimum Gasteiger partial charge on any atom is -0.393 e. The smallest absolute Gasteiger partial charge is 0.193 e. The molecule has 0 amide bonds. The highest BCUT2D eigenvalue weighted by Gasteiger charge is 2.75. The van der Waals surface area contributed by atoms with E-state index in [4.69, 9.17) is 15.0 Å². The fourth-order valence-corrected chi connectivity index (χ4v) is 7.73. The normalized spacial score (nSPS) is 55.4. The third kappa shape index (κ3) is 2.65. The number of aliphatic hydroxyl groups is 2. The van der Waals surface area contributed by atoms with Crippen molar-refractivity contribution in [2.45, 2.75) is 83.4 Å². The standard InChI is InChI=1S/C25H34O6/c1-4-5-21-30-20-11-17-16-7-6-14-10-15(27)8-9-23(14,2)22(16)18(28)12-24(17,3)25(20,31-21)19(29)13-26/h8-10,16-18,20-22,26,28H,4-7,11-13H2,1-3H3/t16-,17-,18-,20+,21?,22+,23-,24-,25+/m0/s1/i10D,13D2,21D. The molecule has 0 aromatic rings. The van der Waals surface area contributed by atoms with E-state index in [1.807, 2.05) is 13.8 Å². The second kappa shape index (κ2) is 7.08. The number of carbonyl (C=O) groups excluding carboxylic acids is 2. The van der Waals surface area contributed by atoms with Crippen molar-refractivity contribution in [3.63, 3.8) is 0 Å². The van der Waals surface area contributed by atoms with Crippen molar-refractivity contribution in [1.82, 2.24) is 0 Å². The topological polar surface area (TPSA) is 93.1 Å². The van der Waals surface area contributed by atoms with Gasteiger partial charge in [0.2, 0.25) is 0 Å². The summed E-state index contributed by atoms with van der Waals surface area (Å²) >= 11 is 0. The lowest BCUT2D eigenvalue weighted by Gasteiger charge is -2.59. The molecule has 1 aliphatic heterocycles. The van der Waals surface area contributed by atoms with Gasteiger partial charge in [-0.05, 0) is 56.1 Å². The predicted octanol–water partition coefficient (Wildman–Crippen LogP) is 2.72. The molecule has 2 N–H and O–H groups in total. The number of carbonyl (C=O) groups is 2. The van der Waals surface area contributed by atoms with E-state index in [1.54, 1.807) is 13.0 Å². The van der Waals surface area contributed by atoms with Crippen molar-refractivity contribution in [3.8, 4) is 0 Å². The Morgan fingerprint density at radius 3 is 2.94 bits per heavy atom. The molecule has 0 aromatic carbocycles. The van der Waals surface area contributed by atoms with E-state index in [1.165, 1.54) is 6.08 Å². The molecule has 0 aromatic heterocycles. The Morgan fingerprint density at radius 1 is 1.45 bits per heavy atom. The molecule has 0 radical (unpaired) electrons. The van der Waals surface area contributed by atoms with Crippen LogP contribution in [0.25, 0.3) is 0 Å². The first-order valence-electron chi connectivity index (χ1n) is 13.4. The van der Waals surface area contributed by atoms with Crippen LogP contribution in [0.4, 0.5) is 0 Å². The molecule has 3 saturated carbocycles. The number of Topliss-reactive ketones (excluding diaryl/α,β-unsaturated/α-hetero) is 1. The summed E-state index contributed by atoms with van der Waals surface area (Å²) in [6.45, 7) is 2.41. The summed E-state index contributed by atoms with van der Waals surface area (Å²) in [5.74, 6) is -2.11. The van der Waals surface area contributed by atoms with Crippen LogP contribution in [0, 0.1) is 28.6 Å². The van der Waals surface area contributed by atoms with Crippen LogP contribution in [-0.4, -0.2) is 52.4 Å². The van der Waals surface area contributed by atoms with Gasteiger partial charge in [0.1, 0.15) is 6.56 Å². The number of ether oxygens (including phenoxy) is 2. The van der Waals surface area contributed by atoms with E-state index in [0.717, 1.165) is 5.57 Å². The highest BCUT2D eigenvalue weighted by molar-refractivity contribution is 6.01. The fraction of sp³-hybridized carbons (Fsp3) is 0.760. The lowest BCUT2D eigenvalue weighted by atomic mass is 9.46. The zero-order valence-electron chi connectivity index (χ0n) is 22.3. The number of rotatable bonds is 4. The van der Waals surface area contributed by atoms with Crippen molar-refractivity contribution < 1.29 is 34.8 Å². The molecule has 0 bridgehead atoms. The molecule has 5 rings (SSSR count). The summed E-state index contributed by atoms with van der Waals surface area (Å²) in [6, 6.07) is -0.0115. The Bertz CT molecular complexity index is 1040. The van der Waals surface area contributed by atoms with Crippen molar-refractivity contribution >= 4 is 11.6 Å². The molecule has 6 nitrogen and oxygen atoms in total. The summed E-state index contributed by atoms with van der Waals surface area (Å²) < 4.78 is 44.9. The molecule has 170 valence electrons. The van der Waals surface area contributed by atoms with Gasteiger partial charge in [-0.2, -0.15) is 0 Å². The van der Waals surface area contributed by atoms with Crippen LogP contribution in [0.15, 0.2) is 23.8 Å². The van der Waals surface area contributed by atoms with Crippen LogP contribution < -0.4 is 0 Å². The molecular weight excluding hydrogens is 396 g/mol. The Morgan fingerprint density at radius 2 is 2.23 bits per heavy atom. The maximum atomic E-state index is 13.6. The Balaban J connectivity index is 1.61. The van der Waals surface area contributed by atoms with Gasteiger partial charge in [0.25, 0.3) is 0 Å². The third-order valence-electron chi connectivity index (χ3n) is 8.98. The van der Waals surface area contributed by atoms with Gasteiger partial charge in [-0.15, -0.1) is 0 Å². The van der Waals surface area contributed by atoms with E-state index in [2.05, 4.69) is 0 Å². The van der Waals surface area contributed by atoms with E-state index < -0.39 is 47.2 Å². The van der Waals surface area contributed by atoms with Gasteiger partial charge in [-0.25, -0.2) is 0 Å². The maximum Gasteiger partial charge on any atom is 0.193 e. The lowest BCUT2D eigenvalue weighted by Crippen LogP contribution is -2.63. The molecule has 5 aliphatic rings. The van der Waals surface area contributed by atoms with Crippen LogP contribution in [0.3, 0.4) is 0 Å². The van der Waals surface area contributed by atoms with Gasteiger partial charge in [0, 0.05) is 16.7 Å². The van der Waals surface area contributed by atoms with Crippen LogP contribution >= 0.6 is 0 Å². The molecule has 9 atom stereocenters. The molecule has 4 fully saturated rings. The van der Waals surface area contributed by atoms with E-state index in [9.17, 15) is 19.8 Å². The molecule has 1 heterocycles. The first-order valence-corrected chi connectivity index (χ1v) is 11.4. The fourth-order valence-electron chi connectivity index (χ4n) is 7.73. The van der Waals surface area contributed by atoms with Crippen LogP contribution in [-0.2, 0) is 19.1 Å². The quantitative estimate of drug-likeness (QED) is 0.707. The molecule has 1 unspecified atom stereocenters. The number of hydrogen-bond acceptors (Lipinski definition) is 6. The predicted molar refractivity (Wildman–Crippen MR) is 113 cm³/mol. The van der Waals surface area contributed by atoms with Gasteiger partial charge >= 0.3 is 0 Å². The minimum absolute atomic E-state index is 0.0115. The summed E-state index contributed by atoms with van der Waals surface area (Å²) in [6.07, 6.45) is 1.77. The van der Waals surface area contributed by atoms with Gasteiger partial charge in [-0.1, -0.05) is 38.8 Å². The van der Waals surface area contributed by atoms with Crippen LogP contribution in [0.2, 0.25) is 0 Å². The zero-order valence-corrected chi connectivity index (χ0v) is 18.3. The van der Waals surface area contributed by atoms with Gasteiger partial charge in [-0.3, -0.25) is 9.59 Å². The molecule has 31 heavy (non-hydrogen) atoms. The third-order valence-corrected chi connectivity index (χ3v) is 8.98. The van der Waals surface area contributed by atoms with E-state index in [0.29, 0.717) is 25.7 Å². The Kier molecular flexibility index (Phi) is 3.92. The number of hydrogen-bond donors (Lipinski definition) is 2. The first-order chi connectivity index (χ1) is 16.1. The van der Waals surface area contributed by atoms with Gasteiger partial charge in [0.05, 0.1) is 17.7 Å². The van der Waals surface area contributed by atoms with Gasteiger partial charge in [0.15, 0.2) is 23.4 Å². The van der Waals surface area contributed by atoms with Crippen LogP contribution in [0.1, 0.15) is 64.8 Å². The molecule has 0 spiro atoms. The monoisotopic (exact) mass is 434 g/mol. The molecule has 4 aliphatic carbocycles. The van der Waals surface area contributed by atoms with Crippen LogP contribution in [0.5, 0.6) is 0 Å². The second-order valence-corrected chi connectivity index (χ2v) is 10.4. The largest absolute Gasteiger partial charge is 0.393 e. The van der Waals surface area contributed by atoms with Crippen molar-refractivity contribution in [3.05, 3.63) is 23.8 Å². The summed E-state index contributed by atoms with van der Waals surface area (Å²) in [4.78, 5) is 25.8. The maximum absolute atomic E-state index is 13.6. The average molecular weight is 435 g/mol. The Hall–Kier alpha value is -1.34. The molecular formula is C25H34O6. The van der Waals surface area contributed by atoms with E-state index in [-0.39, 0.29) is 42.4 Å². The zero-order chi connectivity index (χ0) is 25.8. The average Bonchev–Trinajstić information content (AvgIpc) is 3.17. The van der Waals surface area contributed by atoms with E-state index >= 15 is 0 Å². The number of fused-ring (bicyclic) bond motifs is 7. The molecule has 6 heteroatoms. The summed E-state index contributed by atoms with van der Waals surface area (Å²) in [5.41, 5.74) is -2.95. The highest BCUT2D eigenvalue weighted by atomic mass is 16.7. The van der Waals surface area contributed by atoms with Crippen molar-refractivity contribution in [1.29, 1.82) is 0 Å². The van der Waals surface area contributed by atoms with Crippen molar-refractivity contribution in [2.75, 3.05) is 6.56 Å². The van der Waals surface area contributed by atoms with Gasteiger partial charge < -0.3 is 19.7 Å². The minimum atomic E-state index is -3.19.